The Hall–Kier alpha value is -3.59. The van der Waals surface area contributed by atoms with Crippen LogP contribution in [0.25, 0.3) is 11.3 Å². The Balaban J connectivity index is 1.51. The molecule has 3 aromatic rings. The molecule has 8 nitrogen and oxygen atoms in total. The van der Waals surface area contributed by atoms with E-state index in [4.69, 9.17) is 14.0 Å². The number of likely N-dealkylation sites (N-methyl/N-ethyl adjacent to an activating group) is 1. The number of benzene rings is 2. The minimum Gasteiger partial charge on any atom is -0.454 e. The summed E-state index contributed by atoms with van der Waals surface area (Å²) < 4.78 is 30.3. The number of amides is 1. The molecule has 9 heteroatoms. The van der Waals surface area contributed by atoms with Crippen LogP contribution in [0.1, 0.15) is 29.8 Å². The van der Waals surface area contributed by atoms with Gasteiger partial charge in [0.15, 0.2) is 11.5 Å². The third-order valence-corrected chi connectivity index (χ3v) is 6.51. The molecular weight excluding hydrogens is 451 g/mol. The summed E-state index contributed by atoms with van der Waals surface area (Å²) in [5.41, 5.74) is 2.68. The van der Waals surface area contributed by atoms with Crippen molar-refractivity contribution in [1.82, 2.24) is 15.0 Å². The van der Waals surface area contributed by atoms with Gasteiger partial charge in [-0.25, -0.2) is 4.39 Å². The van der Waals surface area contributed by atoms with E-state index in [-0.39, 0.29) is 24.6 Å². The number of carbonyl (C=O) groups is 1. The normalized spacial score (nSPS) is 15.6. The van der Waals surface area contributed by atoms with Crippen LogP contribution in [0.5, 0.6) is 11.5 Å². The molecule has 2 aliphatic rings. The van der Waals surface area contributed by atoms with Crippen molar-refractivity contribution in [3.8, 4) is 22.8 Å². The van der Waals surface area contributed by atoms with Crippen LogP contribution >= 0.6 is 0 Å². The standard InChI is InChI=1S/C26H29FN4O4/c1-17(2)31(25(32)19-6-9-22-23(14-19)34-16-33-22)15-21-24(18-4-7-20(27)8-5-18)28-35-26(21)30-12-10-29(3)11-13-30/h4-9,14,17H,10-13,15-16H2,1-3H3. The Labute approximate surface area is 203 Å². The third-order valence-electron chi connectivity index (χ3n) is 6.51. The molecule has 2 aromatic carbocycles. The lowest BCUT2D eigenvalue weighted by Crippen LogP contribution is -2.45. The van der Waals surface area contributed by atoms with Crippen LogP contribution in [-0.2, 0) is 6.54 Å². The molecule has 2 aliphatic heterocycles. The molecule has 35 heavy (non-hydrogen) atoms. The molecule has 0 radical (unpaired) electrons. The molecule has 0 N–H and O–H groups in total. The quantitative estimate of drug-likeness (QED) is 0.528. The average molecular weight is 481 g/mol. The number of piperazine rings is 1. The third kappa shape index (κ3) is 4.68. The molecule has 1 amide bonds. The van der Waals surface area contributed by atoms with E-state index in [1.807, 2.05) is 13.8 Å². The Kier molecular flexibility index (Phi) is 6.34. The van der Waals surface area contributed by atoms with Crippen LogP contribution in [0.4, 0.5) is 10.3 Å². The second kappa shape index (κ2) is 9.58. The van der Waals surface area contributed by atoms with Crippen LogP contribution in [0.15, 0.2) is 47.0 Å². The summed E-state index contributed by atoms with van der Waals surface area (Å²) in [7, 11) is 2.09. The van der Waals surface area contributed by atoms with E-state index in [0.29, 0.717) is 35.2 Å². The number of hydrogen-bond donors (Lipinski definition) is 0. The number of ether oxygens (including phenoxy) is 2. The lowest BCUT2D eigenvalue weighted by molar-refractivity contribution is 0.0690. The summed E-state index contributed by atoms with van der Waals surface area (Å²) >= 11 is 0. The highest BCUT2D eigenvalue weighted by molar-refractivity contribution is 5.95. The van der Waals surface area contributed by atoms with Crippen molar-refractivity contribution in [1.29, 1.82) is 0 Å². The first kappa shape index (κ1) is 23.2. The van der Waals surface area contributed by atoms with Crippen LogP contribution < -0.4 is 14.4 Å². The highest BCUT2D eigenvalue weighted by Gasteiger charge is 2.30. The first-order chi connectivity index (χ1) is 16.9. The van der Waals surface area contributed by atoms with Crippen molar-refractivity contribution in [3.63, 3.8) is 0 Å². The second-order valence-corrected chi connectivity index (χ2v) is 9.21. The topological polar surface area (TPSA) is 71.3 Å². The molecule has 0 spiro atoms. The predicted octanol–water partition coefficient (Wildman–Crippen LogP) is 4.01. The highest BCUT2D eigenvalue weighted by atomic mass is 19.1. The summed E-state index contributed by atoms with van der Waals surface area (Å²) in [6.07, 6.45) is 0. The van der Waals surface area contributed by atoms with Crippen LogP contribution in [0, 0.1) is 5.82 Å². The first-order valence-electron chi connectivity index (χ1n) is 11.8. The SMILES string of the molecule is CC(C)N(Cc1c(-c2ccc(F)cc2)noc1N1CCN(C)CC1)C(=O)c1ccc2c(c1)OCO2. The van der Waals surface area contributed by atoms with E-state index < -0.39 is 0 Å². The van der Waals surface area contributed by atoms with Crippen molar-refractivity contribution in [2.45, 2.75) is 26.4 Å². The zero-order valence-electron chi connectivity index (χ0n) is 20.2. The molecule has 184 valence electrons. The van der Waals surface area contributed by atoms with Crippen molar-refractivity contribution in [3.05, 3.63) is 59.4 Å². The van der Waals surface area contributed by atoms with Gasteiger partial charge in [0.25, 0.3) is 5.91 Å². The van der Waals surface area contributed by atoms with Crippen molar-refractivity contribution < 1.29 is 23.2 Å². The van der Waals surface area contributed by atoms with Gasteiger partial charge in [-0.1, -0.05) is 5.16 Å². The van der Waals surface area contributed by atoms with Gasteiger partial charge in [0.1, 0.15) is 11.5 Å². The van der Waals surface area contributed by atoms with Gasteiger partial charge >= 0.3 is 0 Å². The lowest BCUT2D eigenvalue weighted by atomic mass is 10.0. The fourth-order valence-electron chi connectivity index (χ4n) is 4.39. The van der Waals surface area contributed by atoms with E-state index in [9.17, 15) is 9.18 Å². The predicted molar refractivity (Wildman–Crippen MR) is 129 cm³/mol. The minimum absolute atomic E-state index is 0.0933. The summed E-state index contributed by atoms with van der Waals surface area (Å²) in [4.78, 5) is 19.9. The fourth-order valence-corrected chi connectivity index (χ4v) is 4.39. The van der Waals surface area contributed by atoms with Gasteiger partial charge in [-0.15, -0.1) is 0 Å². The molecule has 1 fully saturated rings. The molecule has 1 aromatic heterocycles. The summed E-state index contributed by atoms with van der Waals surface area (Å²) in [5.74, 6) is 1.40. The number of anilines is 1. The van der Waals surface area contributed by atoms with Crippen molar-refractivity contribution in [2.75, 3.05) is 44.9 Å². The Morgan fingerprint density at radius 3 is 2.49 bits per heavy atom. The van der Waals surface area contributed by atoms with E-state index in [1.54, 1.807) is 35.2 Å². The largest absolute Gasteiger partial charge is 0.454 e. The monoisotopic (exact) mass is 480 g/mol. The second-order valence-electron chi connectivity index (χ2n) is 9.21. The highest BCUT2D eigenvalue weighted by Crippen LogP contribution is 2.36. The van der Waals surface area contributed by atoms with Crippen molar-refractivity contribution >= 4 is 11.8 Å². The molecule has 0 bridgehead atoms. The van der Waals surface area contributed by atoms with Gasteiger partial charge in [-0.2, -0.15) is 0 Å². The van der Waals surface area contributed by atoms with Crippen LogP contribution in [0.2, 0.25) is 0 Å². The van der Waals surface area contributed by atoms with E-state index in [0.717, 1.165) is 37.3 Å². The Bertz CT molecular complexity index is 1200. The Morgan fingerprint density at radius 2 is 1.77 bits per heavy atom. The van der Waals surface area contributed by atoms with Crippen molar-refractivity contribution in [2.24, 2.45) is 0 Å². The molecule has 0 unspecified atom stereocenters. The maximum atomic E-state index is 13.6. The van der Waals surface area contributed by atoms with Gasteiger partial charge in [0.05, 0.1) is 12.1 Å². The van der Waals surface area contributed by atoms with Gasteiger partial charge in [0, 0.05) is 43.3 Å². The van der Waals surface area contributed by atoms with Gasteiger partial charge in [-0.3, -0.25) is 4.79 Å². The number of fused-ring (bicyclic) bond motifs is 1. The molecular formula is C26H29FN4O4. The molecule has 5 rings (SSSR count). The molecule has 0 aliphatic carbocycles. The number of nitrogens with zero attached hydrogens (tertiary/aromatic N) is 4. The lowest BCUT2D eigenvalue weighted by Gasteiger charge is -2.33. The summed E-state index contributed by atoms with van der Waals surface area (Å²) in [5, 5.41) is 4.37. The number of carbonyl (C=O) groups excluding carboxylic acids is 1. The summed E-state index contributed by atoms with van der Waals surface area (Å²) in [6, 6.07) is 11.3. The van der Waals surface area contributed by atoms with Gasteiger partial charge in [-0.05, 0) is 63.4 Å². The zero-order chi connectivity index (χ0) is 24.5. The number of halogens is 1. The maximum absolute atomic E-state index is 13.6. The Morgan fingerprint density at radius 1 is 1.06 bits per heavy atom. The molecule has 0 saturated carbocycles. The smallest absolute Gasteiger partial charge is 0.254 e. The van der Waals surface area contributed by atoms with E-state index >= 15 is 0 Å². The van der Waals surface area contributed by atoms with E-state index in [2.05, 4.69) is 22.0 Å². The first-order valence-corrected chi connectivity index (χ1v) is 11.8. The molecule has 3 heterocycles. The fraction of sp³-hybridized carbons (Fsp3) is 0.385. The number of aromatic nitrogens is 1. The summed E-state index contributed by atoms with van der Waals surface area (Å²) in [6.45, 7) is 7.78. The van der Waals surface area contributed by atoms with Crippen LogP contribution in [-0.4, -0.2) is 66.9 Å². The zero-order valence-corrected chi connectivity index (χ0v) is 20.2. The minimum atomic E-state index is -0.320. The van der Waals surface area contributed by atoms with E-state index in [1.165, 1.54) is 12.1 Å². The molecule has 0 atom stereocenters. The maximum Gasteiger partial charge on any atom is 0.254 e. The molecule has 1 saturated heterocycles. The average Bonchev–Trinajstić information content (AvgIpc) is 3.49. The van der Waals surface area contributed by atoms with Gasteiger partial charge < -0.3 is 28.7 Å². The number of hydrogen-bond acceptors (Lipinski definition) is 7. The number of rotatable bonds is 6. The van der Waals surface area contributed by atoms with Gasteiger partial charge in [0.2, 0.25) is 12.7 Å². The van der Waals surface area contributed by atoms with Crippen LogP contribution in [0.3, 0.4) is 0 Å².